The van der Waals surface area contributed by atoms with Gasteiger partial charge in [-0.15, -0.1) is 0 Å². The van der Waals surface area contributed by atoms with E-state index in [0.717, 1.165) is 4.57 Å². The Bertz CT molecular complexity index is 1110. The Morgan fingerprint density at radius 1 is 1.30 bits per heavy atom. The number of amides is 1. The first-order chi connectivity index (χ1) is 14.5. The van der Waals surface area contributed by atoms with E-state index in [4.69, 9.17) is 21.1 Å². The van der Waals surface area contributed by atoms with E-state index in [1.54, 1.807) is 12.1 Å². The molecule has 4 rings (SSSR count). The second-order valence-electron chi connectivity index (χ2n) is 6.55. The Morgan fingerprint density at radius 3 is 2.70 bits per heavy atom. The molecular weight excluding hydrogens is 417 g/mol. The molecule has 3 heterocycles. The number of aromatic nitrogens is 4. The van der Waals surface area contributed by atoms with Gasteiger partial charge in [-0.05, 0) is 24.6 Å². The fraction of sp³-hybridized carbons (Fsp3) is 0.263. The summed E-state index contributed by atoms with van der Waals surface area (Å²) in [5.74, 6) is -1.97. The van der Waals surface area contributed by atoms with Crippen molar-refractivity contribution in [3.05, 3.63) is 75.3 Å². The number of carbonyl (C=O) groups is 1. The summed E-state index contributed by atoms with van der Waals surface area (Å²) in [6.07, 6.45) is 3.22. The number of aromatic amines is 1. The summed E-state index contributed by atoms with van der Waals surface area (Å²) in [5, 5.41) is 8.73. The zero-order valence-electron chi connectivity index (χ0n) is 15.6. The van der Waals surface area contributed by atoms with E-state index in [1.807, 2.05) is 0 Å². The minimum atomic E-state index is -1.24. The molecule has 0 radical (unpaired) electrons. The molecule has 1 aliphatic rings. The van der Waals surface area contributed by atoms with Crippen molar-refractivity contribution in [2.45, 2.75) is 12.2 Å². The van der Waals surface area contributed by atoms with Gasteiger partial charge in [-0.2, -0.15) is 5.10 Å². The molecule has 156 valence electrons. The average molecular weight is 434 g/mol. The molecule has 0 unspecified atom stereocenters. The first kappa shape index (κ1) is 20.2. The van der Waals surface area contributed by atoms with Gasteiger partial charge in [0, 0.05) is 11.8 Å². The van der Waals surface area contributed by atoms with Gasteiger partial charge in [-0.25, -0.2) is 23.8 Å². The van der Waals surface area contributed by atoms with Crippen LogP contribution in [0.25, 0.3) is 5.82 Å². The molecule has 2 N–H and O–H groups in total. The summed E-state index contributed by atoms with van der Waals surface area (Å²) >= 11 is 6.14. The molecular formula is C19H17ClFN5O4. The van der Waals surface area contributed by atoms with E-state index in [1.165, 1.54) is 30.7 Å². The molecule has 0 spiro atoms. The second kappa shape index (κ2) is 8.34. The van der Waals surface area contributed by atoms with Crippen LogP contribution in [0.15, 0.2) is 47.7 Å². The molecule has 0 bridgehead atoms. The van der Waals surface area contributed by atoms with Gasteiger partial charge >= 0.3 is 5.69 Å². The zero-order valence-corrected chi connectivity index (χ0v) is 16.4. The van der Waals surface area contributed by atoms with E-state index in [0.29, 0.717) is 25.2 Å². The summed E-state index contributed by atoms with van der Waals surface area (Å²) in [7, 11) is 0. The molecule has 1 fully saturated rings. The van der Waals surface area contributed by atoms with Crippen molar-refractivity contribution < 1.29 is 18.7 Å². The fourth-order valence-electron chi connectivity index (χ4n) is 3.09. The smallest absolute Gasteiger partial charge is 0.346 e. The SMILES string of the molecule is O=C(NCC1(c2ccc(F)cc2)OCCCO1)c1cc(-n2cn[nH]c2=O)ncc1Cl. The molecule has 2 aromatic heterocycles. The lowest BCUT2D eigenvalue weighted by Crippen LogP contribution is -2.47. The number of nitrogens with one attached hydrogen (secondary N) is 2. The predicted octanol–water partition coefficient (Wildman–Crippen LogP) is 1.77. The van der Waals surface area contributed by atoms with E-state index in [9.17, 15) is 14.0 Å². The molecule has 0 saturated carbocycles. The van der Waals surface area contributed by atoms with Gasteiger partial charge in [-0.3, -0.25) is 4.79 Å². The summed E-state index contributed by atoms with van der Waals surface area (Å²) in [4.78, 5) is 28.6. The Morgan fingerprint density at radius 2 is 2.03 bits per heavy atom. The fourth-order valence-corrected chi connectivity index (χ4v) is 3.28. The van der Waals surface area contributed by atoms with E-state index >= 15 is 0 Å². The minimum absolute atomic E-state index is 0.0306. The Labute approximate surface area is 174 Å². The molecule has 1 aliphatic heterocycles. The minimum Gasteiger partial charge on any atom is -0.346 e. The second-order valence-corrected chi connectivity index (χ2v) is 6.95. The van der Waals surface area contributed by atoms with Crippen molar-refractivity contribution in [1.82, 2.24) is 25.1 Å². The van der Waals surface area contributed by atoms with Crippen LogP contribution in [0, 0.1) is 5.82 Å². The molecule has 30 heavy (non-hydrogen) atoms. The number of halogens is 2. The normalized spacial score (nSPS) is 15.7. The van der Waals surface area contributed by atoms with Crippen LogP contribution in [0.5, 0.6) is 0 Å². The Kier molecular flexibility index (Phi) is 5.62. The maximum atomic E-state index is 13.3. The maximum Gasteiger partial charge on any atom is 0.348 e. The van der Waals surface area contributed by atoms with Crippen LogP contribution in [0.1, 0.15) is 22.3 Å². The van der Waals surface area contributed by atoms with Crippen molar-refractivity contribution in [3.8, 4) is 5.82 Å². The van der Waals surface area contributed by atoms with Crippen LogP contribution < -0.4 is 11.0 Å². The third kappa shape index (κ3) is 3.97. The molecule has 1 saturated heterocycles. The van der Waals surface area contributed by atoms with E-state index < -0.39 is 17.4 Å². The molecule has 9 nitrogen and oxygen atoms in total. The highest BCUT2D eigenvalue weighted by atomic mass is 35.5. The number of H-pyrrole nitrogens is 1. The van der Waals surface area contributed by atoms with Crippen LogP contribution >= 0.6 is 11.6 Å². The van der Waals surface area contributed by atoms with E-state index in [-0.39, 0.29) is 28.8 Å². The van der Waals surface area contributed by atoms with Crippen molar-refractivity contribution in [2.75, 3.05) is 19.8 Å². The van der Waals surface area contributed by atoms with Crippen molar-refractivity contribution in [3.63, 3.8) is 0 Å². The first-order valence-electron chi connectivity index (χ1n) is 9.09. The van der Waals surface area contributed by atoms with Gasteiger partial charge in [0.1, 0.15) is 18.0 Å². The molecule has 1 aromatic carbocycles. The van der Waals surface area contributed by atoms with Crippen LogP contribution in [0.4, 0.5) is 4.39 Å². The molecule has 0 atom stereocenters. The zero-order chi connectivity index (χ0) is 21.1. The lowest BCUT2D eigenvalue weighted by atomic mass is 10.0. The molecule has 3 aromatic rings. The van der Waals surface area contributed by atoms with Crippen LogP contribution in [-0.4, -0.2) is 45.4 Å². The number of hydrogen-bond donors (Lipinski definition) is 2. The largest absolute Gasteiger partial charge is 0.348 e. The lowest BCUT2D eigenvalue weighted by molar-refractivity contribution is -0.271. The van der Waals surface area contributed by atoms with Crippen LogP contribution in [-0.2, 0) is 15.3 Å². The lowest BCUT2D eigenvalue weighted by Gasteiger charge is -2.37. The van der Waals surface area contributed by atoms with Crippen molar-refractivity contribution in [2.24, 2.45) is 0 Å². The summed E-state index contributed by atoms with van der Waals surface area (Å²) in [6.45, 7) is 0.824. The first-order valence-corrected chi connectivity index (χ1v) is 9.46. The summed E-state index contributed by atoms with van der Waals surface area (Å²) < 4.78 is 26.2. The van der Waals surface area contributed by atoms with Crippen LogP contribution in [0.3, 0.4) is 0 Å². The number of hydrogen-bond acceptors (Lipinski definition) is 6. The number of carbonyl (C=O) groups excluding carboxylic acids is 1. The molecule has 0 aliphatic carbocycles. The third-order valence-corrected chi connectivity index (χ3v) is 4.91. The Balaban J connectivity index is 1.58. The topological polar surface area (TPSA) is 111 Å². The van der Waals surface area contributed by atoms with Gasteiger partial charge in [-0.1, -0.05) is 23.7 Å². The van der Waals surface area contributed by atoms with Gasteiger partial charge in [0.05, 0.1) is 30.3 Å². The number of ether oxygens (including phenoxy) is 2. The van der Waals surface area contributed by atoms with E-state index in [2.05, 4.69) is 20.5 Å². The Hall–Kier alpha value is -3.08. The summed E-state index contributed by atoms with van der Waals surface area (Å²) in [6, 6.07) is 7.08. The maximum absolute atomic E-state index is 13.3. The standard InChI is InChI=1S/C19H17ClFN5O4/c20-15-9-22-16(26-11-24-25-18(26)28)8-14(15)17(27)23-10-19(29-6-1-7-30-19)12-2-4-13(21)5-3-12/h2-5,8-9,11H,1,6-7,10H2,(H,23,27)(H,25,28). The highest BCUT2D eigenvalue weighted by molar-refractivity contribution is 6.33. The summed E-state index contributed by atoms with van der Waals surface area (Å²) in [5.41, 5.74) is 0.186. The number of rotatable bonds is 5. The quantitative estimate of drug-likeness (QED) is 0.634. The van der Waals surface area contributed by atoms with Gasteiger partial charge in [0.15, 0.2) is 0 Å². The van der Waals surface area contributed by atoms with Crippen molar-refractivity contribution >= 4 is 17.5 Å². The highest BCUT2D eigenvalue weighted by Crippen LogP contribution is 2.30. The molecule has 11 heteroatoms. The highest BCUT2D eigenvalue weighted by Gasteiger charge is 2.37. The van der Waals surface area contributed by atoms with Crippen molar-refractivity contribution in [1.29, 1.82) is 0 Å². The number of nitrogens with zero attached hydrogens (tertiary/aromatic N) is 3. The van der Waals surface area contributed by atoms with Gasteiger partial charge in [0.2, 0.25) is 5.79 Å². The molecule has 1 amide bonds. The van der Waals surface area contributed by atoms with Gasteiger partial charge < -0.3 is 14.8 Å². The average Bonchev–Trinajstić information content (AvgIpc) is 3.19. The predicted molar refractivity (Wildman–Crippen MR) is 104 cm³/mol. The third-order valence-electron chi connectivity index (χ3n) is 4.61. The monoisotopic (exact) mass is 433 g/mol. The van der Waals surface area contributed by atoms with Gasteiger partial charge in [0.25, 0.3) is 5.91 Å². The number of pyridine rings is 1. The number of benzene rings is 1. The van der Waals surface area contributed by atoms with Crippen LogP contribution in [0.2, 0.25) is 5.02 Å².